The average Bonchev–Trinajstić information content (AvgIpc) is 3.03. The van der Waals surface area contributed by atoms with Crippen LogP contribution in [0.15, 0.2) is 36.4 Å². The van der Waals surface area contributed by atoms with Crippen molar-refractivity contribution in [2.75, 3.05) is 14.1 Å². The molecule has 0 bridgehead atoms. The summed E-state index contributed by atoms with van der Waals surface area (Å²) in [6.45, 7) is 0.561. The van der Waals surface area contributed by atoms with Gasteiger partial charge in [0.05, 0.1) is 17.7 Å². The third-order valence-electron chi connectivity index (χ3n) is 4.16. The number of fused-ring (bicyclic) bond motifs is 1. The third-order valence-corrected chi connectivity index (χ3v) is 4.16. The van der Waals surface area contributed by atoms with E-state index in [9.17, 15) is 10.1 Å². The first-order valence-electron chi connectivity index (χ1n) is 7.57. The number of hydrogen-bond donors (Lipinski definition) is 1. The second-order valence-electron chi connectivity index (χ2n) is 5.93. The maximum Gasteiger partial charge on any atom is 0.253 e. The highest BCUT2D eigenvalue weighted by Gasteiger charge is 2.27. The van der Waals surface area contributed by atoms with Gasteiger partial charge in [-0.3, -0.25) is 10.1 Å². The van der Waals surface area contributed by atoms with Crippen molar-refractivity contribution >= 4 is 5.91 Å². The molecule has 5 heteroatoms. The Labute approximate surface area is 140 Å². The van der Waals surface area contributed by atoms with E-state index in [1.165, 1.54) is 4.90 Å². The Bertz CT molecular complexity index is 885. The molecule has 1 atom stereocenters. The van der Waals surface area contributed by atoms with Crippen LogP contribution >= 0.6 is 0 Å². The van der Waals surface area contributed by atoms with Crippen LogP contribution in [0.1, 0.15) is 33.1 Å². The maximum atomic E-state index is 12.4. The number of amides is 1. The third kappa shape index (κ3) is 2.62. The number of nitriles is 2. The van der Waals surface area contributed by atoms with E-state index in [0.717, 1.165) is 22.3 Å². The number of benzene rings is 2. The summed E-state index contributed by atoms with van der Waals surface area (Å²) in [5.41, 5.74) is 4.80. The Morgan fingerprint density at radius 2 is 1.92 bits per heavy atom. The molecule has 1 amide bonds. The van der Waals surface area contributed by atoms with Gasteiger partial charge in [0, 0.05) is 26.2 Å². The van der Waals surface area contributed by atoms with Crippen LogP contribution in [0.5, 0.6) is 0 Å². The van der Waals surface area contributed by atoms with Gasteiger partial charge in [-0.25, -0.2) is 0 Å². The summed E-state index contributed by atoms with van der Waals surface area (Å²) in [7, 11) is 3.43. The molecule has 5 nitrogen and oxygen atoms in total. The molecule has 1 aliphatic rings. The van der Waals surface area contributed by atoms with E-state index < -0.39 is 6.04 Å². The maximum absolute atomic E-state index is 12.4. The Hall–Kier alpha value is -3.15. The van der Waals surface area contributed by atoms with Gasteiger partial charge in [0.15, 0.2) is 0 Å². The Balaban J connectivity index is 2.20. The minimum atomic E-state index is -0.394. The number of nitrogens with zero attached hydrogens (tertiary/aromatic N) is 3. The lowest BCUT2D eigenvalue weighted by molar-refractivity contribution is 0.0827. The van der Waals surface area contributed by atoms with Crippen molar-refractivity contribution < 1.29 is 4.79 Å². The molecule has 118 valence electrons. The summed E-state index contributed by atoms with van der Waals surface area (Å²) in [6.07, 6.45) is 0. The summed E-state index contributed by atoms with van der Waals surface area (Å²) >= 11 is 0. The molecule has 0 saturated heterocycles. The van der Waals surface area contributed by atoms with Crippen molar-refractivity contribution in [1.82, 2.24) is 10.2 Å². The average molecular weight is 316 g/mol. The second kappa shape index (κ2) is 6.16. The minimum absolute atomic E-state index is 0.0758. The van der Waals surface area contributed by atoms with Crippen LogP contribution < -0.4 is 5.32 Å². The van der Waals surface area contributed by atoms with E-state index in [2.05, 4.69) is 17.5 Å². The van der Waals surface area contributed by atoms with Crippen LogP contribution in [0.2, 0.25) is 0 Å². The SMILES string of the molecule is CN(C)C(=O)c1cc2c(c(-c3ccc(C#N)cc3)c1)C(C#N)NC2. The first kappa shape index (κ1) is 15.7. The molecule has 0 aliphatic carbocycles. The van der Waals surface area contributed by atoms with Crippen molar-refractivity contribution in [3.63, 3.8) is 0 Å². The fourth-order valence-corrected chi connectivity index (χ4v) is 2.97. The smallest absolute Gasteiger partial charge is 0.253 e. The standard InChI is InChI=1S/C19H16N4O/c1-23(2)19(24)14-7-15-11-22-17(10-21)18(15)16(8-14)13-5-3-12(9-20)4-6-13/h3-8,17,22H,11H2,1-2H3. The summed E-state index contributed by atoms with van der Waals surface area (Å²) in [6, 6.07) is 14.8. The predicted molar refractivity (Wildman–Crippen MR) is 89.8 cm³/mol. The van der Waals surface area contributed by atoms with Gasteiger partial charge >= 0.3 is 0 Å². The largest absolute Gasteiger partial charge is 0.345 e. The first-order chi connectivity index (χ1) is 11.5. The van der Waals surface area contributed by atoms with Crippen LogP contribution in [-0.2, 0) is 6.54 Å². The molecular formula is C19H16N4O. The van der Waals surface area contributed by atoms with E-state index >= 15 is 0 Å². The zero-order chi connectivity index (χ0) is 17.3. The summed E-state index contributed by atoms with van der Waals surface area (Å²) in [4.78, 5) is 13.9. The molecular weight excluding hydrogens is 300 g/mol. The first-order valence-corrected chi connectivity index (χ1v) is 7.57. The number of rotatable bonds is 2. The Morgan fingerprint density at radius 3 is 2.50 bits per heavy atom. The molecule has 24 heavy (non-hydrogen) atoms. The normalized spacial score (nSPS) is 15.2. The van der Waals surface area contributed by atoms with E-state index in [-0.39, 0.29) is 5.91 Å². The molecule has 0 fully saturated rings. The second-order valence-corrected chi connectivity index (χ2v) is 5.93. The molecule has 3 rings (SSSR count). The van der Waals surface area contributed by atoms with Gasteiger partial charge in [-0.2, -0.15) is 10.5 Å². The summed E-state index contributed by atoms with van der Waals surface area (Å²) in [5, 5.41) is 21.5. The Kier molecular flexibility index (Phi) is 4.04. The lowest BCUT2D eigenvalue weighted by atomic mass is 9.91. The number of carbonyl (C=O) groups is 1. The zero-order valence-corrected chi connectivity index (χ0v) is 13.5. The van der Waals surface area contributed by atoms with Gasteiger partial charge in [-0.05, 0) is 46.5 Å². The van der Waals surface area contributed by atoms with Crippen molar-refractivity contribution in [1.29, 1.82) is 10.5 Å². The van der Waals surface area contributed by atoms with Gasteiger partial charge in [0.25, 0.3) is 5.91 Å². The quantitative estimate of drug-likeness (QED) is 0.923. The zero-order valence-electron chi connectivity index (χ0n) is 13.5. The molecule has 2 aromatic rings. The fraction of sp³-hybridized carbons (Fsp3) is 0.211. The molecule has 0 radical (unpaired) electrons. The monoisotopic (exact) mass is 316 g/mol. The van der Waals surface area contributed by atoms with E-state index in [0.29, 0.717) is 17.7 Å². The van der Waals surface area contributed by atoms with Crippen LogP contribution in [0.3, 0.4) is 0 Å². The van der Waals surface area contributed by atoms with Gasteiger partial charge in [-0.15, -0.1) is 0 Å². The highest BCUT2D eigenvalue weighted by Crippen LogP contribution is 2.36. The van der Waals surface area contributed by atoms with Crippen molar-refractivity contribution in [3.8, 4) is 23.3 Å². The molecule has 0 saturated carbocycles. The van der Waals surface area contributed by atoms with E-state index in [4.69, 9.17) is 5.26 Å². The number of carbonyl (C=O) groups excluding carboxylic acids is 1. The fourth-order valence-electron chi connectivity index (χ4n) is 2.97. The van der Waals surface area contributed by atoms with Crippen LogP contribution in [0.4, 0.5) is 0 Å². The summed E-state index contributed by atoms with van der Waals surface area (Å²) in [5.74, 6) is -0.0758. The lowest BCUT2D eigenvalue weighted by Gasteiger charge is -2.16. The predicted octanol–water partition coefficient (Wildman–Crippen LogP) is 2.59. The van der Waals surface area contributed by atoms with E-state index in [1.807, 2.05) is 24.3 Å². The highest BCUT2D eigenvalue weighted by atomic mass is 16.2. The Morgan fingerprint density at radius 1 is 1.21 bits per heavy atom. The number of nitrogens with one attached hydrogen (secondary N) is 1. The van der Waals surface area contributed by atoms with Crippen molar-refractivity contribution in [2.24, 2.45) is 0 Å². The molecule has 0 spiro atoms. The van der Waals surface area contributed by atoms with Crippen LogP contribution in [0, 0.1) is 22.7 Å². The van der Waals surface area contributed by atoms with Crippen molar-refractivity contribution in [2.45, 2.75) is 12.6 Å². The van der Waals surface area contributed by atoms with Gasteiger partial charge in [0.2, 0.25) is 0 Å². The molecule has 0 aromatic heterocycles. The molecule has 1 unspecified atom stereocenters. The van der Waals surface area contributed by atoms with Gasteiger partial charge in [-0.1, -0.05) is 12.1 Å². The topological polar surface area (TPSA) is 79.9 Å². The van der Waals surface area contributed by atoms with Gasteiger partial charge in [0.1, 0.15) is 6.04 Å². The molecule has 1 heterocycles. The summed E-state index contributed by atoms with van der Waals surface area (Å²) < 4.78 is 0. The van der Waals surface area contributed by atoms with Gasteiger partial charge < -0.3 is 4.90 Å². The minimum Gasteiger partial charge on any atom is -0.345 e. The molecule has 2 aromatic carbocycles. The highest BCUT2D eigenvalue weighted by molar-refractivity contribution is 5.96. The van der Waals surface area contributed by atoms with E-state index in [1.54, 1.807) is 26.2 Å². The lowest BCUT2D eigenvalue weighted by Crippen LogP contribution is -2.22. The molecule has 1 N–H and O–H groups in total. The molecule has 1 aliphatic heterocycles. The van der Waals surface area contributed by atoms with Crippen molar-refractivity contribution in [3.05, 3.63) is 58.7 Å². The number of hydrogen-bond acceptors (Lipinski definition) is 4. The van der Waals surface area contributed by atoms with Crippen LogP contribution in [0.25, 0.3) is 11.1 Å². The van der Waals surface area contributed by atoms with Crippen LogP contribution in [-0.4, -0.2) is 24.9 Å².